The second kappa shape index (κ2) is 11.0. The largest absolute Gasteiger partial charge is 0.493 e. The van der Waals surface area contributed by atoms with Crippen LogP contribution in [0.1, 0.15) is 12.8 Å². The molecule has 200 valence electrons. The average Bonchev–Trinajstić information content (AvgIpc) is 3.68. The molecule has 0 unspecified atom stereocenters. The van der Waals surface area contributed by atoms with E-state index in [0.717, 1.165) is 5.56 Å². The Morgan fingerprint density at radius 1 is 0.923 bits per heavy atom. The topological polar surface area (TPSA) is 104 Å². The molecule has 4 aromatic rings. The van der Waals surface area contributed by atoms with Crippen molar-refractivity contribution in [1.82, 2.24) is 4.98 Å². The van der Waals surface area contributed by atoms with Crippen molar-refractivity contribution >= 4 is 46.1 Å². The number of hydrogen-bond acceptors (Lipinski definition) is 8. The molecule has 1 fully saturated rings. The van der Waals surface area contributed by atoms with E-state index in [1.807, 2.05) is 42.5 Å². The molecule has 1 saturated carbocycles. The molecule has 3 aromatic carbocycles. The smallest absolute Gasteiger partial charge is 0.320 e. The van der Waals surface area contributed by atoms with Crippen molar-refractivity contribution in [2.45, 2.75) is 18.0 Å². The Morgan fingerprint density at radius 3 is 2.10 bits per heavy atom. The lowest BCUT2D eigenvalue weighted by atomic mass is 10.1. The Morgan fingerprint density at radius 2 is 1.54 bits per heavy atom. The highest BCUT2D eigenvalue weighted by atomic mass is 32.1. The van der Waals surface area contributed by atoms with E-state index in [2.05, 4.69) is 10.3 Å². The summed E-state index contributed by atoms with van der Waals surface area (Å²) in [6, 6.07) is 23.5. The molecule has 0 radical (unpaired) electrons. The predicted molar refractivity (Wildman–Crippen MR) is 152 cm³/mol. The standard InChI is InChI=1S/C29H27N2O6PS/c1-35-24-14-13-20(17-25(24)36-2)23-19-39-28(30-23)31-26(32)18-37-27(33)29(15-16-29)38(34,21-9-5-3-6-10-21)22-11-7-4-8-12-22/h3-14,17,19H,15-16,18H2,1-2H3,(H,30,31,32). The third-order valence-electron chi connectivity index (χ3n) is 6.71. The summed E-state index contributed by atoms with van der Waals surface area (Å²) in [7, 11) is -0.259. The fourth-order valence-electron chi connectivity index (χ4n) is 4.57. The zero-order valence-electron chi connectivity index (χ0n) is 21.5. The molecule has 1 aromatic heterocycles. The molecule has 1 N–H and O–H groups in total. The van der Waals surface area contributed by atoms with Crippen LogP contribution in [0.4, 0.5) is 5.13 Å². The number of esters is 1. The first kappa shape index (κ1) is 26.7. The fraction of sp³-hybridized carbons (Fsp3) is 0.207. The number of methoxy groups -OCH3 is 2. The molecule has 39 heavy (non-hydrogen) atoms. The van der Waals surface area contributed by atoms with Gasteiger partial charge >= 0.3 is 5.97 Å². The van der Waals surface area contributed by atoms with Crippen LogP contribution in [0.15, 0.2) is 84.2 Å². The molecular formula is C29H27N2O6PS. The quantitative estimate of drug-likeness (QED) is 0.218. The number of carbonyl (C=O) groups is 2. The zero-order chi connectivity index (χ0) is 27.5. The van der Waals surface area contributed by atoms with Gasteiger partial charge in [-0.1, -0.05) is 60.7 Å². The number of nitrogens with zero attached hydrogens (tertiary/aromatic N) is 1. The normalized spacial score (nSPS) is 13.8. The van der Waals surface area contributed by atoms with Gasteiger partial charge in [0.05, 0.1) is 19.9 Å². The van der Waals surface area contributed by atoms with Gasteiger partial charge in [-0.05, 0) is 31.0 Å². The van der Waals surface area contributed by atoms with Crippen LogP contribution >= 0.6 is 18.5 Å². The molecule has 8 nitrogen and oxygen atoms in total. The van der Waals surface area contributed by atoms with Gasteiger partial charge < -0.3 is 18.8 Å². The maximum absolute atomic E-state index is 14.7. The van der Waals surface area contributed by atoms with E-state index in [4.69, 9.17) is 14.2 Å². The summed E-state index contributed by atoms with van der Waals surface area (Å²) in [6.45, 7) is -0.505. The minimum absolute atomic E-state index is 0.362. The number of thiazole rings is 1. The summed E-state index contributed by atoms with van der Waals surface area (Å²) in [6.07, 6.45) is 0.853. The Bertz CT molecular complexity index is 1490. The molecule has 1 aliphatic rings. The third kappa shape index (κ3) is 5.07. The van der Waals surface area contributed by atoms with E-state index in [9.17, 15) is 14.2 Å². The molecule has 1 amide bonds. The van der Waals surface area contributed by atoms with Gasteiger partial charge in [0.15, 0.2) is 30.4 Å². The first-order valence-electron chi connectivity index (χ1n) is 12.3. The minimum Gasteiger partial charge on any atom is -0.493 e. The molecular weight excluding hydrogens is 535 g/mol. The highest BCUT2D eigenvalue weighted by Crippen LogP contribution is 2.68. The van der Waals surface area contributed by atoms with Crippen molar-refractivity contribution in [2.75, 3.05) is 26.1 Å². The van der Waals surface area contributed by atoms with Gasteiger partial charge in [-0.3, -0.25) is 14.9 Å². The molecule has 0 saturated heterocycles. The molecule has 1 aliphatic carbocycles. The number of ether oxygens (including phenoxy) is 3. The number of nitrogens with one attached hydrogen (secondary N) is 1. The van der Waals surface area contributed by atoms with E-state index in [0.29, 0.717) is 45.8 Å². The van der Waals surface area contributed by atoms with Crippen LogP contribution in [0.5, 0.6) is 11.5 Å². The summed E-state index contributed by atoms with van der Waals surface area (Å²) in [5, 5.41) is 4.86. The highest BCUT2D eigenvalue weighted by molar-refractivity contribution is 7.81. The third-order valence-corrected chi connectivity index (χ3v) is 11.4. The zero-order valence-corrected chi connectivity index (χ0v) is 23.2. The Labute approximate surface area is 230 Å². The van der Waals surface area contributed by atoms with Crippen LogP contribution in [0, 0.1) is 0 Å². The summed E-state index contributed by atoms with van der Waals surface area (Å²) >= 11 is 1.25. The van der Waals surface area contributed by atoms with Gasteiger partial charge in [0.2, 0.25) is 0 Å². The summed E-state index contributed by atoms with van der Waals surface area (Å²) < 4.78 is 30.8. The van der Waals surface area contributed by atoms with E-state index in [1.165, 1.54) is 11.3 Å². The molecule has 10 heteroatoms. The summed E-state index contributed by atoms with van der Waals surface area (Å²) in [4.78, 5) is 30.5. The van der Waals surface area contributed by atoms with Gasteiger partial charge in [-0.15, -0.1) is 11.3 Å². The number of anilines is 1. The van der Waals surface area contributed by atoms with Crippen LogP contribution in [0.2, 0.25) is 0 Å². The molecule has 1 heterocycles. The van der Waals surface area contributed by atoms with Crippen LogP contribution < -0.4 is 25.4 Å². The second-order valence-electron chi connectivity index (χ2n) is 9.04. The van der Waals surface area contributed by atoms with Crippen molar-refractivity contribution in [3.63, 3.8) is 0 Å². The Balaban J connectivity index is 1.28. The molecule has 0 bridgehead atoms. The lowest BCUT2D eigenvalue weighted by Gasteiger charge is -2.27. The highest BCUT2D eigenvalue weighted by Gasteiger charge is 2.65. The fourth-order valence-corrected chi connectivity index (χ4v) is 8.83. The number of benzene rings is 3. The summed E-state index contributed by atoms with van der Waals surface area (Å²) in [5.41, 5.74) is 1.45. The monoisotopic (exact) mass is 562 g/mol. The Hall–Kier alpha value is -3.94. The lowest BCUT2D eigenvalue weighted by Crippen LogP contribution is -2.36. The number of aromatic nitrogens is 1. The van der Waals surface area contributed by atoms with Crippen molar-refractivity contribution in [3.8, 4) is 22.8 Å². The minimum atomic E-state index is -3.38. The van der Waals surface area contributed by atoms with Crippen LogP contribution in [-0.2, 0) is 18.9 Å². The van der Waals surface area contributed by atoms with Crippen LogP contribution in [-0.4, -0.2) is 42.8 Å². The average molecular weight is 563 g/mol. The van der Waals surface area contributed by atoms with Gasteiger partial charge in [0, 0.05) is 21.6 Å². The maximum Gasteiger partial charge on any atom is 0.320 e. The molecule has 0 atom stereocenters. The van der Waals surface area contributed by atoms with Crippen molar-refractivity contribution in [1.29, 1.82) is 0 Å². The van der Waals surface area contributed by atoms with Crippen molar-refractivity contribution in [3.05, 3.63) is 84.2 Å². The lowest BCUT2D eigenvalue weighted by molar-refractivity contribution is -0.147. The van der Waals surface area contributed by atoms with E-state index in [-0.39, 0.29) is 0 Å². The van der Waals surface area contributed by atoms with Gasteiger partial charge in [0.25, 0.3) is 5.91 Å². The van der Waals surface area contributed by atoms with Crippen LogP contribution in [0.3, 0.4) is 0 Å². The molecule has 0 aliphatic heterocycles. The van der Waals surface area contributed by atoms with Crippen LogP contribution in [0.25, 0.3) is 11.3 Å². The second-order valence-corrected chi connectivity index (χ2v) is 13.0. The Kier molecular flexibility index (Phi) is 7.55. The van der Waals surface area contributed by atoms with Crippen molar-refractivity contribution in [2.24, 2.45) is 0 Å². The van der Waals surface area contributed by atoms with Crippen molar-refractivity contribution < 1.29 is 28.4 Å². The van der Waals surface area contributed by atoms with Gasteiger partial charge in [-0.25, -0.2) is 4.98 Å². The van der Waals surface area contributed by atoms with E-state index in [1.54, 1.807) is 56.0 Å². The number of rotatable bonds is 10. The number of carbonyl (C=O) groups excluding carboxylic acids is 2. The molecule has 0 spiro atoms. The van der Waals surface area contributed by atoms with Gasteiger partial charge in [-0.2, -0.15) is 0 Å². The maximum atomic E-state index is 14.7. The number of amides is 1. The molecule has 5 rings (SSSR count). The predicted octanol–water partition coefficient (Wildman–Crippen LogP) is 4.86. The SMILES string of the molecule is COc1ccc(-c2csc(NC(=O)COC(=O)C3(P(=O)(c4ccccc4)c4ccccc4)CC3)n2)cc1OC. The van der Waals surface area contributed by atoms with Gasteiger partial charge in [0.1, 0.15) is 5.16 Å². The first-order valence-corrected chi connectivity index (χ1v) is 14.9. The van der Waals surface area contributed by atoms with E-state index < -0.39 is 30.8 Å². The van der Waals surface area contributed by atoms with E-state index >= 15 is 0 Å². The summed E-state index contributed by atoms with van der Waals surface area (Å²) in [5.74, 6) is 0.0163. The number of hydrogen-bond donors (Lipinski definition) is 1. The first-order chi connectivity index (χ1) is 18.9.